The summed E-state index contributed by atoms with van der Waals surface area (Å²) in [6.07, 6.45) is 0.375. The summed E-state index contributed by atoms with van der Waals surface area (Å²) in [5.41, 5.74) is 1.31. The van der Waals surface area contributed by atoms with Crippen molar-refractivity contribution >= 4 is 29.2 Å². The third-order valence-corrected chi connectivity index (χ3v) is 3.81. The van der Waals surface area contributed by atoms with Gasteiger partial charge >= 0.3 is 5.97 Å². The molecule has 0 aliphatic heterocycles. The molecule has 0 aromatic heterocycles. The van der Waals surface area contributed by atoms with Crippen molar-refractivity contribution in [1.82, 2.24) is 5.32 Å². The summed E-state index contributed by atoms with van der Waals surface area (Å²) in [5.74, 6) is -1.31. The van der Waals surface area contributed by atoms with Gasteiger partial charge in [-0.25, -0.2) is 0 Å². The second-order valence-electron chi connectivity index (χ2n) is 5.33. The zero-order valence-corrected chi connectivity index (χ0v) is 13.5. The standard InChI is InChI=1S/C15H21ClN2O3/c1-5-15(4,14(20)21)17-8-12(19)18-13-10(3)6-9(2)7-11(13)16/h6-7,17H,5,8H2,1-4H3,(H,18,19)(H,20,21). The molecule has 1 aromatic rings. The minimum Gasteiger partial charge on any atom is -0.480 e. The first kappa shape index (κ1) is 17.5. The van der Waals surface area contributed by atoms with Crippen LogP contribution < -0.4 is 10.6 Å². The lowest BCUT2D eigenvalue weighted by Gasteiger charge is -2.24. The molecule has 1 atom stereocenters. The van der Waals surface area contributed by atoms with Gasteiger partial charge in [0, 0.05) is 0 Å². The van der Waals surface area contributed by atoms with Crippen molar-refractivity contribution in [1.29, 1.82) is 0 Å². The molecule has 0 saturated heterocycles. The molecule has 0 saturated carbocycles. The van der Waals surface area contributed by atoms with Crippen molar-refractivity contribution in [2.75, 3.05) is 11.9 Å². The van der Waals surface area contributed by atoms with Crippen LogP contribution in [0.15, 0.2) is 12.1 Å². The van der Waals surface area contributed by atoms with Crippen molar-refractivity contribution in [3.8, 4) is 0 Å². The van der Waals surface area contributed by atoms with Gasteiger partial charge in [-0.2, -0.15) is 0 Å². The van der Waals surface area contributed by atoms with Gasteiger partial charge in [0.25, 0.3) is 0 Å². The molecule has 1 rings (SSSR count). The van der Waals surface area contributed by atoms with E-state index in [1.54, 1.807) is 19.9 Å². The third kappa shape index (κ3) is 4.44. The van der Waals surface area contributed by atoms with Gasteiger partial charge in [0.1, 0.15) is 5.54 Å². The van der Waals surface area contributed by atoms with Crippen LogP contribution in [-0.4, -0.2) is 29.1 Å². The van der Waals surface area contributed by atoms with Crippen molar-refractivity contribution in [3.05, 3.63) is 28.3 Å². The lowest BCUT2D eigenvalue weighted by atomic mass is 9.99. The first-order valence-electron chi connectivity index (χ1n) is 6.74. The highest BCUT2D eigenvalue weighted by Crippen LogP contribution is 2.27. The molecule has 1 amide bonds. The van der Waals surface area contributed by atoms with Crippen LogP contribution in [0.4, 0.5) is 5.69 Å². The Morgan fingerprint density at radius 1 is 1.33 bits per heavy atom. The second-order valence-corrected chi connectivity index (χ2v) is 5.74. The minimum atomic E-state index is -1.12. The van der Waals surface area contributed by atoms with Gasteiger partial charge in [-0.3, -0.25) is 14.9 Å². The van der Waals surface area contributed by atoms with Crippen LogP contribution in [-0.2, 0) is 9.59 Å². The number of aryl methyl sites for hydroxylation is 2. The second kappa shape index (κ2) is 6.91. The van der Waals surface area contributed by atoms with Gasteiger partial charge in [-0.15, -0.1) is 0 Å². The Balaban J connectivity index is 2.73. The van der Waals surface area contributed by atoms with E-state index in [1.165, 1.54) is 0 Å². The lowest BCUT2D eigenvalue weighted by molar-refractivity contribution is -0.144. The van der Waals surface area contributed by atoms with E-state index in [9.17, 15) is 9.59 Å². The number of hydrogen-bond donors (Lipinski definition) is 3. The maximum atomic E-state index is 12.0. The Morgan fingerprint density at radius 3 is 2.43 bits per heavy atom. The van der Waals surface area contributed by atoms with Crippen LogP contribution in [0.25, 0.3) is 0 Å². The number of halogens is 1. The smallest absolute Gasteiger partial charge is 0.323 e. The molecule has 0 spiro atoms. The molecular weight excluding hydrogens is 292 g/mol. The summed E-state index contributed by atoms with van der Waals surface area (Å²) in [7, 11) is 0. The zero-order valence-electron chi connectivity index (χ0n) is 12.7. The molecule has 0 fully saturated rings. The maximum absolute atomic E-state index is 12.0. The number of nitrogens with one attached hydrogen (secondary N) is 2. The van der Waals surface area contributed by atoms with E-state index in [0.29, 0.717) is 17.1 Å². The molecule has 5 nitrogen and oxygen atoms in total. The van der Waals surface area contributed by atoms with Crippen LogP contribution in [0.3, 0.4) is 0 Å². The van der Waals surface area contributed by atoms with Gasteiger partial charge in [0.15, 0.2) is 0 Å². The van der Waals surface area contributed by atoms with E-state index in [4.69, 9.17) is 16.7 Å². The summed E-state index contributed by atoms with van der Waals surface area (Å²) in [6.45, 7) is 6.98. The Labute approximate surface area is 129 Å². The summed E-state index contributed by atoms with van der Waals surface area (Å²) in [6, 6.07) is 3.69. The number of carbonyl (C=O) groups excluding carboxylic acids is 1. The Hall–Kier alpha value is -1.59. The van der Waals surface area contributed by atoms with Crippen molar-refractivity contribution in [2.24, 2.45) is 0 Å². The number of amides is 1. The minimum absolute atomic E-state index is 0.0969. The summed E-state index contributed by atoms with van der Waals surface area (Å²) in [5, 5.41) is 15.1. The molecule has 1 aromatic carbocycles. The first-order valence-corrected chi connectivity index (χ1v) is 7.12. The predicted molar refractivity (Wildman–Crippen MR) is 83.9 cm³/mol. The maximum Gasteiger partial charge on any atom is 0.323 e. The van der Waals surface area contributed by atoms with Crippen LogP contribution >= 0.6 is 11.6 Å². The fraction of sp³-hybridized carbons (Fsp3) is 0.467. The number of carboxylic acid groups (broad SMARTS) is 1. The van der Waals surface area contributed by atoms with Gasteiger partial charge in [0.05, 0.1) is 17.3 Å². The lowest BCUT2D eigenvalue weighted by Crippen LogP contribution is -2.51. The molecule has 116 valence electrons. The quantitative estimate of drug-likeness (QED) is 0.754. The van der Waals surface area contributed by atoms with Gasteiger partial charge in [-0.05, 0) is 44.4 Å². The topological polar surface area (TPSA) is 78.4 Å². The highest BCUT2D eigenvalue weighted by molar-refractivity contribution is 6.34. The van der Waals surface area contributed by atoms with Crippen LogP contribution in [0.1, 0.15) is 31.4 Å². The van der Waals surface area contributed by atoms with Crippen LogP contribution in [0.2, 0.25) is 5.02 Å². The van der Waals surface area contributed by atoms with E-state index >= 15 is 0 Å². The SMILES string of the molecule is CCC(C)(NCC(=O)Nc1c(C)cc(C)cc1Cl)C(=O)O. The molecule has 0 radical (unpaired) electrons. The fourth-order valence-corrected chi connectivity index (χ4v) is 2.25. The number of aliphatic carboxylic acids is 1. The molecule has 0 bridgehead atoms. The summed E-state index contributed by atoms with van der Waals surface area (Å²) in [4.78, 5) is 23.1. The Bertz CT molecular complexity index is 537. The molecule has 3 N–H and O–H groups in total. The Kier molecular flexibility index (Phi) is 5.75. The van der Waals surface area contributed by atoms with Gasteiger partial charge in [0.2, 0.25) is 5.91 Å². The van der Waals surface area contributed by atoms with E-state index in [2.05, 4.69) is 10.6 Å². The average molecular weight is 313 g/mol. The van der Waals surface area contributed by atoms with Crippen molar-refractivity contribution in [3.63, 3.8) is 0 Å². The average Bonchev–Trinajstić information content (AvgIpc) is 2.39. The molecule has 6 heteroatoms. The monoisotopic (exact) mass is 312 g/mol. The van der Waals surface area contributed by atoms with E-state index in [1.807, 2.05) is 19.9 Å². The first-order chi connectivity index (χ1) is 9.69. The predicted octanol–water partition coefficient (Wildman–Crippen LogP) is 2.74. The molecular formula is C15H21ClN2O3. The highest BCUT2D eigenvalue weighted by atomic mass is 35.5. The number of benzene rings is 1. The van der Waals surface area contributed by atoms with Crippen LogP contribution in [0.5, 0.6) is 0 Å². The number of carboxylic acids is 1. The van der Waals surface area contributed by atoms with E-state index in [-0.39, 0.29) is 12.5 Å². The van der Waals surface area contributed by atoms with Crippen molar-refractivity contribution < 1.29 is 14.7 Å². The zero-order chi connectivity index (χ0) is 16.2. The molecule has 1 unspecified atom stereocenters. The van der Waals surface area contributed by atoms with Gasteiger partial charge in [-0.1, -0.05) is 24.6 Å². The summed E-state index contributed by atoms with van der Waals surface area (Å²) < 4.78 is 0. The Morgan fingerprint density at radius 2 is 1.95 bits per heavy atom. The van der Waals surface area contributed by atoms with E-state index in [0.717, 1.165) is 11.1 Å². The summed E-state index contributed by atoms with van der Waals surface area (Å²) >= 11 is 6.12. The normalized spacial score (nSPS) is 13.6. The third-order valence-electron chi connectivity index (χ3n) is 3.51. The molecule has 21 heavy (non-hydrogen) atoms. The van der Waals surface area contributed by atoms with Crippen molar-refractivity contribution in [2.45, 2.75) is 39.7 Å². The largest absolute Gasteiger partial charge is 0.480 e. The number of carbonyl (C=O) groups is 2. The molecule has 0 aliphatic carbocycles. The molecule has 0 aliphatic rings. The fourth-order valence-electron chi connectivity index (χ4n) is 1.88. The van der Waals surface area contributed by atoms with Crippen LogP contribution in [0, 0.1) is 13.8 Å². The molecule has 0 heterocycles. The number of anilines is 1. The number of rotatable bonds is 6. The highest BCUT2D eigenvalue weighted by Gasteiger charge is 2.30. The van der Waals surface area contributed by atoms with Gasteiger partial charge < -0.3 is 10.4 Å². The van der Waals surface area contributed by atoms with E-state index < -0.39 is 11.5 Å². The number of hydrogen-bond acceptors (Lipinski definition) is 3.